The highest BCUT2D eigenvalue weighted by Crippen LogP contribution is 2.10. The maximum Gasteiger partial charge on any atom is 0.319 e. The molecule has 0 aromatic heterocycles. The van der Waals surface area contributed by atoms with Crippen LogP contribution in [0.15, 0.2) is 24.3 Å². The maximum absolute atomic E-state index is 11.6. The minimum Gasteiger partial charge on any atom is -0.349 e. The number of rotatable bonds is 5. The van der Waals surface area contributed by atoms with Gasteiger partial charge < -0.3 is 20.4 Å². The lowest BCUT2D eigenvalue weighted by Gasteiger charge is -2.12. The third-order valence-electron chi connectivity index (χ3n) is 2.96. The van der Waals surface area contributed by atoms with E-state index in [2.05, 4.69) is 10.6 Å². The number of hydrogen-bond acceptors (Lipinski definition) is 3. The minimum atomic E-state index is -0.452. The topological polar surface area (TPSA) is 81.8 Å². The molecule has 22 heavy (non-hydrogen) atoms. The van der Waals surface area contributed by atoms with Crippen molar-refractivity contribution < 1.29 is 14.4 Å². The second-order valence-electron chi connectivity index (χ2n) is 5.26. The summed E-state index contributed by atoms with van der Waals surface area (Å²) in [4.78, 5) is 37.5. The predicted molar refractivity (Wildman–Crippen MR) is 84.6 cm³/mol. The molecule has 0 saturated carbocycles. The lowest BCUT2D eigenvalue weighted by Crippen LogP contribution is -2.38. The Morgan fingerprint density at radius 1 is 0.909 bits per heavy atom. The van der Waals surface area contributed by atoms with Crippen LogP contribution in [0.25, 0.3) is 0 Å². The van der Waals surface area contributed by atoms with Crippen LogP contribution in [0, 0.1) is 0 Å². The zero-order valence-electron chi connectivity index (χ0n) is 13.3. The van der Waals surface area contributed by atoms with Gasteiger partial charge in [0, 0.05) is 33.9 Å². The maximum atomic E-state index is 11.6. The van der Waals surface area contributed by atoms with Gasteiger partial charge in [0.2, 0.25) is 11.8 Å². The van der Waals surface area contributed by atoms with E-state index < -0.39 is 6.03 Å². The third-order valence-corrected chi connectivity index (χ3v) is 2.96. The molecular weight excluding hydrogens is 284 g/mol. The molecule has 0 atom stereocenters. The monoisotopic (exact) mass is 306 g/mol. The summed E-state index contributed by atoms with van der Waals surface area (Å²) >= 11 is 0. The van der Waals surface area contributed by atoms with Crippen LogP contribution in [-0.2, 0) is 16.0 Å². The summed E-state index contributed by atoms with van der Waals surface area (Å²) in [6.45, 7) is -0.0613. The van der Waals surface area contributed by atoms with Crippen molar-refractivity contribution in [3.05, 3.63) is 29.8 Å². The lowest BCUT2D eigenvalue weighted by atomic mass is 10.1. The Hall–Kier alpha value is -2.57. The van der Waals surface area contributed by atoms with Gasteiger partial charge >= 0.3 is 6.03 Å². The molecule has 7 nitrogen and oxygen atoms in total. The van der Waals surface area contributed by atoms with Crippen molar-refractivity contribution in [2.75, 3.05) is 40.1 Å². The lowest BCUT2D eigenvalue weighted by molar-refractivity contribution is -0.128. The van der Waals surface area contributed by atoms with Gasteiger partial charge in [-0.2, -0.15) is 0 Å². The zero-order valence-corrected chi connectivity index (χ0v) is 13.3. The van der Waals surface area contributed by atoms with Crippen LogP contribution in [0.2, 0.25) is 0 Å². The van der Waals surface area contributed by atoms with Crippen LogP contribution in [-0.4, -0.2) is 62.4 Å². The van der Waals surface area contributed by atoms with Gasteiger partial charge in [0.25, 0.3) is 0 Å². The Morgan fingerprint density at radius 3 is 1.95 bits per heavy atom. The molecule has 0 heterocycles. The highest BCUT2D eigenvalue weighted by molar-refractivity contribution is 5.92. The van der Waals surface area contributed by atoms with Crippen LogP contribution in [0.3, 0.4) is 0 Å². The summed E-state index contributed by atoms with van der Waals surface area (Å²) in [6.07, 6.45) is 0.316. The summed E-state index contributed by atoms with van der Waals surface area (Å²) < 4.78 is 0. The van der Waals surface area contributed by atoms with Crippen molar-refractivity contribution in [3.8, 4) is 0 Å². The summed E-state index contributed by atoms with van der Waals surface area (Å²) in [6, 6.07) is 6.54. The molecule has 0 aliphatic carbocycles. The number of carbonyl (C=O) groups excluding carboxylic acids is 3. The van der Waals surface area contributed by atoms with E-state index in [-0.39, 0.29) is 18.4 Å². The van der Waals surface area contributed by atoms with E-state index in [1.165, 1.54) is 9.80 Å². The summed E-state index contributed by atoms with van der Waals surface area (Å²) in [5.74, 6) is -0.173. The van der Waals surface area contributed by atoms with Crippen molar-refractivity contribution in [1.82, 2.24) is 15.1 Å². The molecule has 0 aliphatic heterocycles. The fourth-order valence-corrected chi connectivity index (χ4v) is 1.53. The van der Waals surface area contributed by atoms with Gasteiger partial charge in [-0.05, 0) is 17.7 Å². The first-order chi connectivity index (χ1) is 10.3. The molecule has 4 amide bonds. The fraction of sp³-hybridized carbons (Fsp3) is 0.400. The average Bonchev–Trinajstić information content (AvgIpc) is 2.46. The van der Waals surface area contributed by atoms with E-state index in [0.29, 0.717) is 12.1 Å². The van der Waals surface area contributed by atoms with E-state index in [1.807, 2.05) is 0 Å². The second-order valence-corrected chi connectivity index (χ2v) is 5.26. The van der Waals surface area contributed by atoms with Crippen LogP contribution in [0.4, 0.5) is 10.5 Å². The summed E-state index contributed by atoms with van der Waals surface area (Å²) in [7, 11) is 6.65. The van der Waals surface area contributed by atoms with Gasteiger partial charge in [0.1, 0.15) is 0 Å². The quantitative estimate of drug-likeness (QED) is 0.832. The van der Waals surface area contributed by atoms with E-state index >= 15 is 0 Å². The Kier molecular flexibility index (Phi) is 6.37. The molecule has 0 saturated heterocycles. The summed E-state index contributed by atoms with van der Waals surface area (Å²) in [5, 5.41) is 5.10. The number of nitrogens with zero attached hydrogens (tertiary/aromatic N) is 2. The Balaban J connectivity index is 2.48. The largest absolute Gasteiger partial charge is 0.349 e. The molecule has 0 spiro atoms. The van der Waals surface area contributed by atoms with Crippen LogP contribution in [0.1, 0.15) is 5.56 Å². The minimum absolute atomic E-state index is 0.0145. The first-order valence-corrected chi connectivity index (χ1v) is 6.83. The molecule has 1 aromatic rings. The number of anilines is 1. The van der Waals surface area contributed by atoms with Crippen LogP contribution in [0.5, 0.6) is 0 Å². The van der Waals surface area contributed by atoms with Gasteiger partial charge in [0.05, 0.1) is 13.0 Å². The molecule has 0 aliphatic rings. The number of hydrogen-bond donors (Lipinski definition) is 2. The Labute approximate surface area is 130 Å². The highest BCUT2D eigenvalue weighted by atomic mass is 16.2. The van der Waals surface area contributed by atoms with Crippen LogP contribution < -0.4 is 10.6 Å². The first kappa shape index (κ1) is 17.5. The number of amides is 4. The molecule has 0 bridgehead atoms. The SMILES string of the molecule is CN(C)C(=O)CNC(=O)Nc1ccc(CC(=O)N(C)C)cc1. The van der Waals surface area contributed by atoms with Crippen molar-refractivity contribution in [2.24, 2.45) is 0 Å². The average molecular weight is 306 g/mol. The molecule has 0 fully saturated rings. The number of urea groups is 1. The van der Waals surface area contributed by atoms with Crippen LogP contribution >= 0.6 is 0 Å². The smallest absolute Gasteiger partial charge is 0.319 e. The van der Waals surface area contributed by atoms with Crippen molar-refractivity contribution in [1.29, 1.82) is 0 Å². The third kappa shape index (κ3) is 5.82. The fourth-order valence-electron chi connectivity index (χ4n) is 1.53. The van der Waals surface area contributed by atoms with E-state index in [0.717, 1.165) is 5.56 Å². The normalized spacial score (nSPS) is 9.82. The number of benzene rings is 1. The highest BCUT2D eigenvalue weighted by Gasteiger charge is 2.08. The Morgan fingerprint density at radius 2 is 1.45 bits per heavy atom. The molecule has 7 heteroatoms. The Bertz CT molecular complexity index is 538. The van der Waals surface area contributed by atoms with Crippen molar-refractivity contribution in [2.45, 2.75) is 6.42 Å². The van der Waals surface area contributed by atoms with Gasteiger partial charge in [-0.15, -0.1) is 0 Å². The molecule has 1 aromatic carbocycles. The number of nitrogens with one attached hydrogen (secondary N) is 2. The second kappa shape index (κ2) is 8.02. The summed E-state index contributed by atoms with van der Waals surface area (Å²) in [5.41, 5.74) is 1.46. The van der Waals surface area contributed by atoms with E-state index in [1.54, 1.807) is 52.5 Å². The molecule has 120 valence electrons. The standard InChI is InChI=1S/C15H22N4O3/c1-18(2)13(20)9-11-5-7-12(8-6-11)17-15(22)16-10-14(21)19(3)4/h5-8H,9-10H2,1-4H3,(H2,16,17,22). The van der Waals surface area contributed by atoms with Gasteiger partial charge in [-0.1, -0.05) is 12.1 Å². The number of likely N-dealkylation sites (N-methyl/N-ethyl adjacent to an activating group) is 2. The van der Waals surface area contributed by atoms with E-state index in [4.69, 9.17) is 0 Å². The molecule has 0 radical (unpaired) electrons. The van der Waals surface area contributed by atoms with Gasteiger partial charge in [-0.3, -0.25) is 9.59 Å². The zero-order chi connectivity index (χ0) is 16.7. The van der Waals surface area contributed by atoms with Crippen molar-refractivity contribution >= 4 is 23.5 Å². The molecule has 2 N–H and O–H groups in total. The molecule has 0 unspecified atom stereocenters. The molecule has 1 rings (SSSR count). The van der Waals surface area contributed by atoms with E-state index in [9.17, 15) is 14.4 Å². The number of carbonyl (C=O) groups is 3. The molecular formula is C15H22N4O3. The van der Waals surface area contributed by atoms with Gasteiger partial charge in [-0.25, -0.2) is 4.79 Å². The van der Waals surface area contributed by atoms with Gasteiger partial charge in [0.15, 0.2) is 0 Å². The predicted octanol–water partition coefficient (Wildman–Crippen LogP) is 0.527. The first-order valence-electron chi connectivity index (χ1n) is 6.83. The van der Waals surface area contributed by atoms with Crippen molar-refractivity contribution in [3.63, 3.8) is 0 Å².